The quantitative estimate of drug-likeness (QED) is 0.410. The number of halogens is 4. The molecule has 0 saturated heterocycles. The maximum Gasteiger partial charge on any atom is 0.234 e. The van der Waals surface area contributed by atoms with E-state index in [9.17, 15) is 13.6 Å². The minimum atomic E-state index is -0.559. The number of amides is 1. The zero-order chi connectivity index (χ0) is 22.5. The molecule has 0 saturated carbocycles. The number of carbonyl (C=O) groups excluding carboxylic acids is 1. The molecule has 1 heterocycles. The Morgan fingerprint density at radius 1 is 1.19 bits per heavy atom. The van der Waals surface area contributed by atoms with E-state index in [0.717, 1.165) is 0 Å². The molecule has 31 heavy (non-hydrogen) atoms. The molecule has 0 spiro atoms. The van der Waals surface area contributed by atoms with E-state index in [-0.39, 0.29) is 21.7 Å². The first-order valence-electron chi connectivity index (χ1n) is 9.21. The van der Waals surface area contributed by atoms with Crippen molar-refractivity contribution in [3.8, 4) is 5.75 Å². The fourth-order valence-electron chi connectivity index (χ4n) is 2.72. The van der Waals surface area contributed by atoms with Gasteiger partial charge in [0.2, 0.25) is 5.91 Å². The summed E-state index contributed by atoms with van der Waals surface area (Å²) in [4.78, 5) is 12.2. The predicted molar refractivity (Wildman–Crippen MR) is 117 cm³/mol. The van der Waals surface area contributed by atoms with Crippen LogP contribution in [0.2, 0.25) is 10.0 Å². The highest BCUT2D eigenvalue weighted by Gasteiger charge is 2.20. The summed E-state index contributed by atoms with van der Waals surface area (Å²) in [5.74, 6) is -0.393. The molecule has 1 unspecified atom stereocenters. The molecule has 6 nitrogen and oxygen atoms in total. The Bertz CT molecular complexity index is 1100. The molecule has 1 atom stereocenters. The first-order chi connectivity index (χ1) is 14.8. The van der Waals surface area contributed by atoms with Crippen LogP contribution in [0.15, 0.2) is 41.6 Å². The third-order valence-electron chi connectivity index (χ3n) is 4.16. The summed E-state index contributed by atoms with van der Waals surface area (Å²) < 4.78 is 34.1. The third-order valence-corrected chi connectivity index (χ3v) is 5.71. The van der Waals surface area contributed by atoms with Crippen molar-refractivity contribution in [1.29, 1.82) is 0 Å². The smallest absolute Gasteiger partial charge is 0.234 e. The fourth-order valence-corrected chi connectivity index (χ4v) is 3.92. The lowest BCUT2D eigenvalue weighted by Crippen LogP contribution is -2.15. The summed E-state index contributed by atoms with van der Waals surface area (Å²) in [6.07, 6.45) is -0.514. The highest BCUT2D eigenvalue weighted by Crippen LogP contribution is 2.30. The summed E-state index contributed by atoms with van der Waals surface area (Å²) >= 11 is 12.9. The Morgan fingerprint density at radius 2 is 1.97 bits per heavy atom. The molecular weight excluding hydrogens is 469 g/mol. The van der Waals surface area contributed by atoms with Crippen LogP contribution in [0.3, 0.4) is 0 Å². The van der Waals surface area contributed by atoms with Gasteiger partial charge in [-0.25, -0.2) is 8.78 Å². The minimum absolute atomic E-state index is 0.0617. The monoisotopic (exact) mass is 486 g/mol. The third kappa shape index (κ3) is 5.87. The van der Waals surface area contributed by atoms with Gasteiger partial charge in [0.05, 0.1) is 15.8 Å². The topological polar surface area (TPSA) is 69.0 Å². The van der Waals surface area contributed by atoms with E-state index in [2.05, 4.69) is 15.5 Å². The van der Waals surface area contributed by atoms with Crippen molar-refractivity contribution >= 4 is 46.6 Å². The van der Waals surface area contributed by atoms with Gasteiger partial charge in [-0.2, -0.15) is 0 Å². The average molecular weight is 487 g/mol. The van der Waals surface area contributed by atoms with Crippen LogP contribution in [-0.4, -0.2) is 26.4 Å². The second kappa shape index (κ2) is 10.3. The van der Waals surface area contributed by atoms with Crippen molar-refractivity contribution in [2.75, 3.05) is 11.1 Å². The maximum atomic E-state index is 13.2. The molecule has 0 bridgehead atoms. The predicted octanol–water partition coefficient (Wildman–Crippen LogP) is 5.75. The number of benzene rings is 2. The van der Waals surface area contributed by atoms with Crippen LogP contribution in [0.5, 0.6) is 5.75 Å². The molecule has 0 fully saturated rings. The first kappa shape index (κ1) is 23.3. The number of aromatic nitrogens is 3. The molecule has 2 aromatic carbocycles. The number of hydrogen-bond donors (Lipinski definition) is 1. The average Bonchev–Trinajstić information content (AvgIpc) is 3.14. The van der Waals surface area contributed by atoms with Gasteiger partial charge in [0.25, 0.3) is 0 Å². The molecular formula is C20H18Cl2F2N4O2S. The van der Waals surface area contributed by atoms with E-state index in [1.807, 2.05) is 11.5 Å². The Labute approximate surface area is 191 Å². The van der Waals surface area contributed by atoms with Gasteiger partial charge in [0, 0.05) is 12.2 Å². The fraction of sp³-hybridized carbons (Fsp3) is 0.250. The van der Waals surface area contributed by atoms with Crippen molar-refractivity contribution in [2.45, 2.75) is 31.7 Å². The number of hydrogen-bond acceptors (Lipinski definition) is 5. The van der Waals surface area contributed by atoms with Gasteiger partial charge in [-0.15, -0.1) is 10.2 Å². The van der Waals surface area contributed by atoms with Crippen LogP contribution in [0.4, 0.5) is 14.5 Å². The lowest BCUT2D eigenvalue weighted by Gasteiger charge is -2.16. The first-order valence-corrected chi connectivity index (χ1v) is 10.9. The normalized spacial score (nSPS) is 11.9. The minimum Gasteiger partial charge on any atom is -0.481 e. The van der Waals surface area contributed by atoms with Crippen molar-refractivity contribution in [3.05, 3.63) is 63.9 Å². The molecule has 164 valence electrons. The van der Waals surface area contributed by atoms with Crippen LogP contribution in [0.25, 0.3) is 0 Å². The van der Waals surface area contributed by atoms with Crippen LogP contribution in [-0.2, 0) is 11.3 Å². The molecule has 1 N–H and O–H groups in total. The van der Waals surface area contributed by atoms with Crippen molar-refractivity contribution < 1.29 is 18.3 Å². The number of carbonyl (C=O) groups is 1. The molecule has 1 aromatic heterocycles. The molecule has 0 aliphatic carbocycles. The summed E-state index contributed by atoms with van der Waals surface area (Å²) in [5.41, 5.74) is 0.396. The second-order valence-corrected chi connectivity index (χ2v) is 8.14. The molecule has 0 aliphatic heterocycles. The van der Waals surface area contributed by atoms with Crippen LogP contribution >= 0.6 is 35.0 Å². The molecule has 0 radical (unpaired) electrons. The number of thioether (sulfide) groups is 1. The zero-order valence-electron chi connectivity index (χ0n) is 16.5. The Hall–Kier alpha value is -2.36. The lowest BCUT2D eigenvalue weighted by atomic mass is 10.3. The van der Waals surface area contributed by atoms with Gasteiger partial charge in [0.1, 0.15) is 17.4 Å². The maximum absolute atomic E-state index is 13.2. The molecule has 3 rings (SSSR count). The van der Waals surface area contributed by atoms with Gasteiger partial charge in [-0.3, -0.25) is 4.79 Å². The van der Waals surface area contributed by atoms with Crippen molar-refractivity contribution in [2.24, 2.45) is 0 Å². The Balaban J connectivity index is 1.65. The summed E-state index contributed by atoms with van der Waals surface area (Å²) in [7, 11) is 0. The SMILES string of the molecule is CCn1c(SCC(=O)Nc2ccc(F)c(Cl)c2)nnc1C(C)Oc1ccc(F)cc1Cl. The molecule has 1 amide bonds. The van der Waals surface area contributed by atoms with E-state index in [1.54, 1.807) is 6.92 Å². The second-order valence-electron chi connectivity index (χ2n) is 6.39. The summed E-state index contributed by atoms with van der Waals surface area (Å²) in [6.45, 7) is 4.23. The zero-order valence-corrected chi connectivity index (χ0v) is 18.9. The highest BCUT2D eigenvalue weighted by atomic mass is 35.5. The van der Waals surface area contributed by atoms with E-state index < -0.39 is 17.7 Å². The lowest BCUT2D eigenvalue weighted by molar-refractivity contribution is -0.113. The van der Waals surface area contributed by atoms with Crippen molar-refractivity contribution in [3.63, 3.8) is 0 Å². The van der Waals surface area contributed by atoms with E-state index >= 15 is 0 Å². The molecule has 3 aromatic rings. The highest BCUT2D eigenvalue weighted by molar-refractivity contribution is 7.99. The number of nitrogens with zero attached hydrogens (tertiary/aromatic N) is 3. The Kier molecular flexibility index (Phi) is 7.74. The number of nitrogens with one attached hydrogen (secondary N) is 1. The Morgan fingerprint density at radius 3 is 2.65 bits per heavy atom. The van der Waals surface area contributed by atoms with Crippen molar-refractivity contribution in [1.82, 2.24) is 14.8 Å². The van der Waals surface area contributed by atoms with E-state index in [4.69, 9.17) is 27.9 Å². The summed E-state index contributed by atoms with van der Waals surface area (Å²) in [5, 5.41) is 11.6. The van der Waals surface area contributed by atoms with Gasteiger partial charge in [0.15, 0.2) is 17.1 Å². The van der Waals surface area contributed by atoms with Gasteiger partial charge < -0.3 is 14.6 Å². The van der Waals surface area contributed by atoms with E-state index in [1.165, 1.54) is 48.2 Å². The van der Waals surface area contributed by atoms with E-state index in [0.29, 0.717) is 29.0 Å². The van der Waals surface area contributed by atoms with Gasteiger partial charge in [-0.1, -0.05) is 35.0 Å². The van der Waals surface area contributed by atoms with Crippen LogP contribution in [0.1, 0.15) is 25.8 Å². The number of rotatable bonds is 8. The van der Waals surface area contributed by atoms with Crippen LogP contribution < -0.4 is 10.1 Å². The number of ether oxygens (including phenoxy) is 1. The molecule has 0 aliphatic rings. The molecule has 11 heteroatoms. The number of anilines is 1. The van der Waals surface area contributed by atoms with Gasteiger partial charge >= 0.3 is 0 Å². The van der Waals surface area contributed by atoms with Gasteiger partial charge in [-0.05, 0) is 50.2 Å². The largest absolute Gasteiger partial charge is 0.481 e. The van der Waals surface area contributed by atoms with Crippen LogP contribution in [0, 0.1) is 11.6 Å². The standard InChI is InChI=1S/C20H18Cl2F2N4O2S/c1-3-28-19(11(2)30-17-7-4-12(23)8-15(17)22)26-27-20(28)31-10-18(29)25-13-5-6-16(24)14(21)9-13/h4-9,11H,3,10H2,1-2H3,(H,25,29). The summed E-state index contributed by atoms with van der Waals surface area (Å²) in [6, 6.07) is 7.82.